The lowest BCUT2D eigenvalue weighted by Crippen LogP contribution is -2.40. The summed E-state index contributed by atoms with van der Waals surface area (Å²) in [5.74, 6) is -0.856. The Bertz CT molecular complexity index is 422. The number of benzene rings is 1. The van der Waals surface area contributed by atoms with Crippen LogP contribution in [0.5, 0.6) is 0 Å². The van der Waals surface area contributed by atoms with Gasteiger partial charge in [-0.05, 0) is 57.4 Å². The number of carboxylic acid groups (broad SMARTS) is 1. The lowest BCUT2D eigenvalue weighted by atomic mass is 10.0. The number of hydrogen-bond acceptors (Lipinski definition) is 2. The molecule has 1 aromatic carbocycles. The molecule has 0 aliphatic rings. The van der Waals surface area contributed by atoms with E-state index in [4.69, 9.17) is 5.11 Å². The molecule has 0 unspecified atom stereocenters. The largest absolute Gasteiger partial charge is 0.480 e. The van der Waals surface area contributed by atoms with E-state index in [-0.39, 0.29) is 0 Å². The van der Waals surface area contributed by atoms with E-state index in [0.29, 0.717) is 0 Å². The lowest BCUT2D eigenvalue weighted by molar-refractivity contribution is -0.141. The van der Waals surface area contributed by atoms with Crippen molar-refractivity contribution in [1.82, 2.24) is 0 Å². The Morgan fingerprint density at radius 3 is 2.12 bits per heavy atom. The van der Waals surface area contributed by atoms with Crippen molar-refractivity contribution in [1.29, 1.82) is 0 Å². The van der Waals surface area contributed by atoms with Gasteiger partial charge in [0.15, 0.2) is 0 Å². The zero-order chi connectivity index (χ0) is 12.5. The van der Waals surface area contributed by atoms with Gasteiger partial charge in [0, 0.05) is 5.69 Å². The first-order chi connectivity index (χ1) is 7.24. The summed E-state index contributed by atoms with van der Waals surface area (Å²) in [7, 11) is 0. The van der Waals surface area contributed by atoms with E-state index < -0.39 is 11.5 Å². The first-order valence-electron chi connectivity index (χ1n) is 5.33. The van der Waals surface area contributed by atoms with Gasteiger partial charge in [-0.25, -0.2) is 4.79 Å². The molecule has 0 spiro atoms. The van der Waals surface area contributed by atoms with Gasteiger partial charge in [0.1, 0.15) is 5.54 Å². The highest BCUT2D eigenvalue weighted by molar-refractivity contribution is 5.82. The zero-order valence-electron chi connectivity index (χ0n) is 10.5. The normalized spacial score (nSPS) is 11.3. The second-order valence-corrected chi connectivity index (χ2v) is 4.81. The van der Waals surface area contributed by atoms with Crippen molar-refractivity contribution in [3.8, 4) is 0 Å². The molecule has 0 atom stereocenters. The average molecular weight is 221 g/mol. The van der Waals surface area contributed by atoms with Gasteiger partial charge in [-0.2, -0.15) is 0 Å². The van der Waals surface area contributed by atoms with Crippen LogP contribution in [0.3, 0.4) is 0 Å². The van der Waals surface area contributed by atoms with E-state index in [1.54, 1.807) is 13.8 Å². The molecule has 0 aromatic heterocycles. The number of carboxylic acids is 1. The molecule has 3 nitrogen and oxygen atoms in total. The Hall–Kier alpha value is -1.51. The molecule has 1 aromatic rings. The molecule has 1 rings (SSSR count). The van der Waals surface area contributed by atoms with E-state index in [2.05, 4.69) is 18.3 Å². The van der Waals surface area contributed by atoms with E-state index in [9.17, 15) is 4.79 Å². The molecule has 0 saturated heterocycles. The van der Waals surface area contributed by atoms with Crippen LogP contribution in [0, 0.1) is 20.8 Å². The van der Waals surface area contributed by atoms with Crippen molar-refractivity contribution < 1.29 is 9.90 Å². The van der Waals surface area contributed by atoms with E-state index >= 15 is 0 Å². The Balaban J connectivity index is 3.07. The van der Waals surface area contributed by atoms with Crippen LogP contribution in [0.4, 0.5) is 5.69 Å². The van der Waals surface area contributed by atoms with E-state index in [0.717, 1.165) is 16.8 Å². The highest BCUT2D eigenvalue weighted by atomic mass is 16.4. The average Bonchev–Trinajstić information content (AvgIpc) is 2.13. The molecule has 0 radical (unpaired) electrons. The summed E-state index contributed by atoms with van der Waals surface area (Å²) in [6.45, 7) is 9.36. The fraction of sp³-hybridized carbons (Fsp3) is 0.462. The fourth-order valence-corrected chi connectivity index (χ4v) is 1.49. The van der Waals surface area contributed by atoms with Crippen LogP contribution in [0.1, 0.15) is 30.5 Å². The molecule has 0 fully saturated rings. The molecule has 88 valence electrons. The van der Waals surface area contributed by atoms with Gasteiger partial charge >= 0.3 is 5.97 Å². The van der Waals surface area contributed by atoms with E-state index in [1.165, 1.54) is 5.56 Å². The van der Waals surface area contributed by atoms with Crippen LogP contribution < -0.4 is 5.32 Å². The first kappa shape index (κ1) is 12.6. The molecule has 0 bridgehead atoms. The van der Waals surface area contributed by atoms with Gasteiger partial charge in [-0.15, -0.1) is 0 Å². The summed E-state index contributed by atoms with van der Waals surface area (Å²) < 4.78 is 0. The summed E-state index contributed by atoms with van der Waals surface area (Å²) in [6.07, 6.45) is 0. The summed E-state index contributed by atoms with van der Waals surface area (Å²) in [5.41, 5.74) is 3.38. The molecule has 0 heterocycles. The van der Waals surface area contributed by atoms with Crippen molar-refractivity contribution in [2.45, 2.75) is 40.2 Å². The third-order valence-corrected chi connectivity index (χ3v) is 2.82. The van der Waals surface area contributed by atoms with Crippen LogP contribution in [0.2, 0.25) is 0 Å². The molecule has 2 N–H and O–H groups in total. The Kier molecular flexibility index (Phi) is 3.27. The van der Waals surface area contributed by atoms with Crippen LogP contribution in [-0.2, 0) is 4.79 Å². The second kappa shape index (κ2) is 4.16. The molecule has 0 saturated carbocycles. The highest BCUT2D eigenvalue weighted by Crippen LogP contribution is 2.23. The smallest absolute Gasteiger partial charge is 0.328 e. The summed E-state index contributed by atoms with van der Waals surface area (Å²) >= 11 is 0. The van der Waals surface area contributed by atoms with Crippen molar-refractivity contribution in [3.63, 3.8) is 0 Å². The van der Waals surface area contributed by atoms with Crippen molar-refractivity contribution >= 4 is 11.7 Å². The molecule has 0 aliphatic carbocycles. The molecule has 0 amide bonds. The third-order valence-electron chi connectivity index (χ3n) is 2.82. The Morgan fingerprint density at radius 1 is 1.12 bits per heavy atom. The van der Waals surface area contributed by atoms with Crippen molar-refractivity contribution in [3.05, 3.63) is 28.8 Å². The van der Waals surface area contributed by atoms with Crippen LogP contribution >= 0.6 is 0 Å². The van der Waals surface area contributed by atoms with Crippen LogP contribution in [0.15, 0.2) is 12.1 Å². The standard InChI is InChI=1S/C13H19NO2/c1-8-6-10(3)11(7-9(8)2)14-13(4,5)12(15)16/h6-7,14H,1-5H3,(H,15,16). The maximum absolute atomic E-state index is 11.0. The predicted molar refractivity (Wildman–Crippen MR) is 66.0 cm³/mol. The van der Waals surface area contributed by atoms with Gasteiger partial charge in [0.25, 0.3) is 0 Å². The van der Waals surface area contributed by atoms with E-state index in [1.807, 2.05) is 19.9 Å². The number of carbonyl (C=O) groups is 1. The minimum atomic E-state index is -0.952. The van der Waals surface area contributed by atoms with Gasteiger partial charge in [0.05, 0.1) is 0 Å². The Labute approximate surface area is 96.5 Å². The maximum atomic E-state index is 11.0. The van der Waals surface area contributed by atoms with Crippen molar-refractivity contribution in [2.24, 2.45) is 0 Å². The minimum Gasteiger partial charge on any atom is -0.480 e. The quantitative estimate of drug-likeness (QED) is 0.825. The topological polar surface area (TPSA) is 49.3 Å². The highest BCUT2D eigenvalue weighted by Gasteiger charge is 2.27. The predicted octanol–water partition coefficient (Wildman–Crippen LogP) is 2.89. The van der Waals surface area contributed by atoms with Gasteiger partial charge in [0.2, 0.25) is 0 Å². The minimum absolute atomic E-state index is 0.856. The lowest BCUT2D eigenvalue weighted by Gasteiger charge is -2.24. The van der Waals surface area contributed by atoms with Gasteiger partial charge in [-0.3, -0.25) is 0 Å². The SMILES string of the molecule is Cc1cc(C)c(NC(C)(C)C(=O)O)cc1C. The number of rotatable bonds is 3. The summed E-state index contributed by atoms with van der Waals surface area (Å²) in [6, 6.07) is 4.06. The van der Waals surface area contributed by atoms with Gasteiger partial charge in [-0.1, -0.05) is 6.07 Å². The Morgan fingerprint density at radius 2 is 1.62 bits per heavy atom. The van der Waals surface area contributed by atoms with Crippen LogP contribution in [0.25, 0.3) is 0 Å². The number of aryl methyl sites for hydroxylation is 3. The molecular formula is C13H19NO2. The monoisotopic (exact) mass is 221 g/mol. The van der Waals surface area contributed by atoms with Gasteiger partial charge < -0.3 is 10.4 Å². The summed E-state index contributed by atoms with van der Waals surface area (Å²) in [5, 5.41) is 12.1. The first-order valence-corrected chi connectivity index (χ1v) is 5.33. The summed E-state index contributed by atoms with van der Waals surface area (Å²) in [4.78, 5) is 11.0. The maximum Gasteiger partial charge on any atom is 0.328 e. The zero-order valence-corrected chi connectivity index (χ0v) is 10.5. The number of anilines is 1. The van der Waals surface area contributed by atoms with Crippen LogP contribution in [-0.4, -0.2) is 16.6 Å². The number of nitrogens with one attached hydrogen (secondary N) is 1. The second-order valence-electron chi connectivity index (χ2n) is 4.81. The number of hydrogen-bond donors (Lipinski definition) is 2. The molecule has 3 heteroatoms. The molecule has 0 aliphatic heterocycles. The molecule has 16 heavy (non-hydrogen) atoms. The number of aliphatic carboxylic acids is 1. The molecular weight excluding hydrogens is 202 g/mol. The third kappa shape index (κ3) is 2.54. The van der Waals surface area contributed by atoms with Crippen molar-refractivity contribution in [2.75, 3.05) is 5.32 Å². The fourth-order valence-electron chi connectivity index (χ4n) is 1.49.